The van der Waals surface area contributed by atoms with Crippen molar-refractivity contribution in [3.05, 3.63) is 129 Å². The Morgan fingerprint density at radius 3 is 1.49 bits per heavy atom. The molecule has 61 heavy (non-hydrogen) atoms. The van der Waals surface area contributed by atoms with Crippen LogP contribution in [0.25, 0.3) is 11.0 Å². The van der Waals surface area contributed by atoms with Crippen LogP contribution in [0.3, 0.4) is 0 Å². The lowest BCUT2D eigenvalue weighted by atomic mass is 9.78. The van der Waals surface area contributed by atoms with Crippen molar-refractivity contribution in [3.8, 4) is 0 Å². The zero-order chi connectivity index (χ0) is 45.7. The van der Waals surface area contributed by atoms with Gasteiger partial charge < -0.3 is 0 Å². The lowest BCUT2D eigenvalue weighted by Gasteiger charge is -2.37. The maximum absolute atomic E-state index is 16.6. The summed E-state index contributed by atoms with van der Waals surface area (Å²) in [5.74, 6) is 0. The highest BCUT2D eigenvalue weighted by atomic mass is 79.9. The highest BCUT2D eigenvalue weighted by Crippen LogP contribution is 2.71. The number of benzene rings is 4. The second-order valence-electron chi connectivity index (χ2n) is 19.1. The van der Waals surface area contributed by atoms with E-state index in [0.717, 1.165) is 5.56 Å². The number of aromatic nitrogens is 3. The molecule has 0 radical (unpaired) electrons. The fraction of sp³-hybridized carbons (Fsp3) is 0.467. The third-order valence-corrected chi connectivity index (χ3v) is 14.7. The van der Waals surface area contributed by atoms with E-state index in [0.29, 0.717) is 22.2 Å². The molecule has 1 aromatic heterocycles. The minimum absolute atomic E-state index is 0.0402. The second kappa shape index (κ2) is 17.1. The predicted molar refractivity (Wildman–Crippen MR) is 235 cm³/mol. The van der Waals surface area contributed by atoms with Crippen molar-refractivity contribution in [1.82, 2.24) is 15.0 Å². The van der Waals surface area contributed by atoms with Gasteiger partial charge in [0.25, 0.3) is 0 Å². The number of alkyl halides is 4. The van der Waals surface area contributed by atoms with Crippen molar-refractivity contribution in [1.29, 1.82) is 0 Å². The smallest absolute Gasteiger partial charge is 0.298 e. The summed E-state index contributed by atoms with van der Waals surface area (Å²) in [7, 11) is -10.3. The number of fused-ring (bicyclic) bond motifs is 1. The van der Waals surface area contributed by atoms with Crippen LogP contribution in [-0.4, -0.2) is 37.4 Å². The van der Waals surface area contributed by atoms with Crippen LogP contribution in [0.4, 0.5) is 17.6 Å². The topological polar surface area (TPSA) is 102 Å². The van der Waals surface area contributed by atoms with Gasteiger partial charge >= 0.3 is 26.5 Å². The summed E-state index contributed by atoms with van der Waals surface area (Å²) in [5.41, 5.74) is -12.1. The molecule has 5 aromatic rings. The lowest BCUT2D eigenvalue weighted by Crippen LogP contribution is -2.40. The molecular weight excluding hydrogens is 896 g/mol. The monoisotopic (exact) mass is 951 g/mol. The minimum Gasteiger partial charge on any atom is -0.298 e. The van der Waals surface area contributed by atoms with Crippen LogP contribution in [0, 0.1) is 0 Å². The van der Waals surface area contributed by atoms with E-state index in [1.54, 1.807) is 4.68 Å². The number of para-hydroxylation sites is 1. The van der Waals surface area contributed by atoms with Crippen molar-refractivity contribution in [2.24, 2.45) is 0 Å². The van der Waals surface area contributed by atoms with Crippen LogP contribution < -0.4 is 0 Å². The highest BCUT2D eigenvalue weighted by Gasteiger charge is 2.60. The van der Waals surface area contributed by atoms with Gasteiger partial charge in [0.1, 0.15) is 5.52 Å². The molecule has 1 atom stereocenters. The normalized spacial score (nSPS) is 15.0. The summed E-state index contributed by atoms with van der Waals surface area (Å²) in [5, 5.41) is 9.11. The van der Waals surface area contributed by atoms with E-state index in [2.05, 4.69) is 26.2 Å². The Balaban J connectivity index is 1.66. The molecular formula is C45H56BrF4N3O6P2. The molecule has 332 valence electrons. The van der Waals surface area contributed by atoms with Crippen LogP contribution in [0.2, 0.25) is 0 Å². The van der Waals surface area contributed by atoms with Gasteiger partial charge in [-0.15, -0.1) is 5.10 Å². The van der Waals surface area contributed by atoms with Gasteiger partial charge in [0.05, 0.1) is 33.5 Å². The van der Waals surface area contributed by atoms with Crippen molar-refractivity contribution in [3.63, 3.8) is 0 Å². The molecule has 1 unspecified atom stereocenters. The van der Waals surface area contributed by atoms with Crippen LogP contribution in [0.15, 0.2) is 102 Å². The molecule has 0 aliphatic rings. The summed E-state index contributed by atoms with van der Waals surface area (Å²) in [6, 6.07) is 26.5. The van der Waals surface area contributed by atoms with Gasteiger partial charge in [-0.2, -0.15) is 17.6 Å². The summed E-state index contributed by atoms with van der Waals surface area (Å²) in [6.45, 7) is 18.3. The molecule has 0 amide bonds. The van der Waals surface area contributed by atoms with Gasteiger partial charge in [-0.3, -0.25) is 27.2 Å². The van der Waals surface area contributed by atoms with Gasteiger partial charge in [0.2, 0.25) is 0 Å². The molecule has 0 fully saturated rings. The van der Waals surface area contributed by atoms with Gasteiger partial charge in [-0.05, 0) is 118 Å². The van der Waals surface area contributed by atoms with E-state index in [1.807, 2.05) is 54.6 Å². The van der Waals surface area contributed by atoms with E-state index < -0.39 is 65.6 Å². The third kappa shape index (κ3) is 11.1. The average Bonchev–Trinajstić information content (AvgIpc) is 3.53. The van der Waals surface area contributed by atoms with Crippen molar-refractivity contribution in [2.75, 3.05) is 0 Å². The van der Waals surface area contributed by atoms with E-state index in [4.69, 9.17) is 18.1 Å². The molecule has 16 heteroatoms. The summed E-state index contributed by atoms with van der Waals surface area (Å²) < 4.78 is 118. The van der Waals surface area contributed by atoms with Crippen LogP contribution in [0.1, 0.15) is 111 Å². The minimum atomic E-state index is -5.15. The van der Waals surface area contributed by atoms with Gasteiger partial charge in [-0.1, -0.05) is 100 Å². The molecule has 0 saturated heterocycles. The molecule has 0 aliphatic heterocycles. The first-order valence-corrected chi connectivity index (χ1v) is 23.7. The predicted octanol–water partition coefficient (Wildman–Crippen LogP) is 14.2. The Kier molecular flexibility index (Phi) is 13.6. The van der Waals surface area contributed by atoms with Crippen LogP contribution >= 0.6 is 31.1 Å². The van der Waals surface area contributed by atoms with E-state index >= 15 is 17.6 Å². The molecule has 0 saturated carbocycles. The third-order valence-electron chi connectivity index (χ3n) is 8.98. The Labute approximate surface area is 365 Å². The summed E-state index contributed by atoms with van der Waals surface area (Å²) in [4.78, 5) is 0. The van der Waals surface area contributed by atoms with Crippen molar-refractivity contribution < 1.29 is 44.8 Å². The first-order chi connectivity index (χ1) is 27.8. The summed E-state index contributed by atoms with van der Waals surface area (Å²) >= 11 is 3.37. The number of halogens is 5. The largest absolute Gasteiger partial charge is 0.405 e. The molecule has 5 rings (SSSR count). The SMILES string of the molecule is CC(C)(C)OP(=O)(OC(C)(C)C)C(F)(F)c1ccc(CC(Cc2ccc(C(F)(F)P(=O)(OC(C)(C)C)OC(C)(C)C)c(Br)c2)(c2ccccc2)n2nnc3ccccc32)cc1. The van der Waals surface area contributed by atoms with E-state index in [1.165, 1.54) is 126 Å². The average molecular weight is 953 g/mol. The fourth-order valence-corrected chi connectivity index (χ4v) is 12.1. The van der Waals surface area contributed by atoms with Gasteiger partial charge in [0, 0.05) is 28.4 Å². The lowest BCUT2D eigenvalue weighted by molar-refractivity contribution is -0.0218. The molecule has 0 aliphatic carbocycles. The first kappa shape index (κ1) is 48.8. The zero-order valence-corrected chi connectivity index (χ0v) is 40.1. The quantitative estimate of drug-likeness (QED) is 0.0801. The number of hydrogen-bond acceptors (Lipinski definition) is 8. The maximum Gasteiger partial charge on any atom is 0.405 e. The number of nitrogens with zero attached hydrogens (tertiary/aromatic N) is 3. The van der Waals surface area contributed by atoms with E-state index in [-0.39, 0.29) is 17.3 Å². The zero-order valence-electron chi connectivity index (χ0n) is 36.7. The number of rotatable bonds is 14. The Morgan fingerprint density at radius 2 is 1.00 bits per heavy atom. The highest BCUT2D eigenvalue weighted by molar-refractivity contribution is 9.10. The van der Waals surface area contributed by atoms with Gasteiger partial charge in [0.15, 0.2) is 0 Å². The number of hydrogen-bond donors (Lipinski definition) is 0. The molecule has 1 heterocycles. The molecule has 9 nitrogen and oxygen atoms in total. The maximum atomic E-state index is 16.6. The molecule has 0 bridgehead atoms. The van der Waals surface area contributed by atoms with Crippen molar-refractivity contribution in [2.45, 2.75) is 135 Å². The fourth-order valence-electron chi connectivity index (χ4n) is 6.90. The second-order valence-corrected chi connectivity index (χ2v) is 23.8. The molecule has 0 N–H and O–H groups in total. The Hall–Kier alpha value is -3.22. The first-order valence-electron chi connectivity index (χ1n) is 19.8. The van der Waals surface area contributed by atoms with Crippen LogP contribution in [0.5, 0.6) is 0 Å². The Morgan fingerprint density at radius 1 is 0.557 bits per heavy atom. The molecule has 4 aromatic carbocycles. The Bertz CT molecular complexity index is 2380. The summed E-state index contributed by atoms with van der Waals surface area (Å²) in [6.07, 6.45) is 0.282. The van der Waals surface area contributed by atoms with Crippen LogP contribution in [-0.2, 0) is 56.9 Å². The van der Waals surface area contributed by atoms with Crippen molar-refractivity contribution >= 4 is 42.2 Å². The van der Waals surface area contributed by atoms with Gasteiger partial charge in [-0.25, -0.2) is 4.68 Å². The van der Waals surface area contributed by atoms with E-state index in [9.17, 15) is 9.13 Å². The standard InChI is InChI=1S/C45H56BrF4N3O6P2/c1-39(2,3)56-60(54,57-40(4,5)6)44(47,48)34-25-22-31(23-26-34)29-43(33-18-14-13-15-19-33,53-38-21-17-16-20-37(38)51-52-53)30-32-24-27-35(36(46)28-32)45(49,50)61(55,58-41(7,8)9)59-42(10,11)12/h13-28H,29-30H2,1-12H3. The molecule has 0 spiro atoms.